The predicted molar refractivity (Wildman–Crippen MR) is 62.7 cm³/mol. The van der Waals surface area contributed by atoms with Crippen molar-refractivity contribution in [2.75, 3.05) is 0 Å². The minimum absolute atomic E-state index is 0.0377. The van der Waals surface area contributed by atoms with E-state index in [1.807, 2.05) is 6.92 Å². The summed E-state index contributed by atoms with van der Waals surface area (Å²) in [6, 6.07) is 0.261. The summed E-state index contributed by atoms with van der Waals surface area (Å²) in [4.78, 5) is 11.9. The molecule has 4 nitrogen and oxygen atoms in total. The molecule has 0 saturated heterocycles. The SMILES string of the molecule is Cc1[nH]ncc1C(=O)NC1CCC(Cl)CC1. The number of nitrogens with zero attached hydrogens (tertiary/aromatic N) is 1. The third-order valence-corrected chi connectivity index (χ3v) is 3.50. The summed E-state index contributed by atoms with van der Waals surface area (Å²) in [5, 5.41) is 9.91. The lowest BCUT2D eigenvalue weighted by molar-refractivity contribution is 0.0927. The van der Waals surface area contributed by atoms with Crippen molar-refractivity contribution in [3.63, 3.8) is 0 Å². The van der Waals surface area contributed by atoms with Gasteiger partial charge in [0.05, 0.1) is 11.8 Å². The molecule has 0 radical (unpaired) electrons. The van der Waals surface area contributed by atoms with Crippen molar-refractivity contribution in [1.29, 1.82) is 0 Å². The Morgan fingerprint density at radius 3 is 2.75 bits per heavy atom. The molecule has 0 atom stereocenters. The molecule has 1 fully saturated rings. The van der Waals surface area contributed by atoms with Crippen LogP contribution in [-0.2, 0) is 0 Å². The van der Waals surface area contributed by atoms with Gasteiger partial charge in [0.2, 0.25) is 0 Å². The molecule has 88 valence electrons. The van der Waals surface area contributed by atoms with Crippen LogP contribution in [-0.4, -0.2) is 27.5 Å². The van der Waals surface area contributed by atoms with Crippen molar-refractivity contribution >= 4 is 17.5 Å². The summed E-state index contributed by atoms with van der Waals surface area (Å²) in [7, 11) is 0. The number of rotatable bonds is 2. The monoisotopic (exact) mass is 241 g/mol. The smallest absolute Gasteiger partial charge is 0.254 e. The van der Waals surface area contributed by atoms with Crippen LogP contribution in [0.3, 0.4) is 0 Å². The van der Waals surface area contributed by atoms with E-state index in [4.69, 9.17) is 11.6 Å². The van der Waals surface area contributed by atoms with Crippen LogP contribution in [0.1, 0.15) is 41.7 Å². The summed E-state index contributed by atoms with van der Waals surface area (Å²) in [6.07, 6.45) is 5.47. The largest absolute Gasteiger partial charge is 0.349 e. The van der Waals surface area contributed by atoms with Crippen molar-refractivity contribution < 1.29 is 4.79 Å². The van der Waals surface area contributed by atoms with Gasteiger partial charge in [-0.3, -0.25) is 9.89 Å². The molecule has 0 aliphatic heterocycles. The molecular formula is C11H16ClN3O. The highest BCUT2D eigenvalue weighted by Crippen LogP contribution is 2.23. The van der Waals surface area contributed by atoms with Crippen LogP contribution < -0.4 is 5.32 Å². The first-order valence-electron chi connectivity index (χ1n) is 5.61. The summed E-state index contributed by atoms with van der Waals surface area (Å²) in [5.74, 6) is -0.0377. The number of nitrogens with one attached hydrogen (secondary N) is 2. The second-order valence-corrected chi connectivity index (χ2v) is 4.95. The van der Waals surface area contributed by atoms with Crippen LogP contribution in [0.4, 0.5) is 0 Å². The first-order valence-corrected chi connectivity index (χ1v) is 6.05. The fourth-order valence-corrected chi connectivity index (χ4v) is 2.29. The van der Waals surface area contributed by atoms with Crippen molar-refractivity contribution in [1.82, 2.24) is 15.5 Å². The predicted octanol–water partition coefficient (Wildman–Crippen LogP) is 2.00. The molecule has 1 heterocycles. The first-order chi connectivity index (χ1) is 7.66. The van der Waals surface area contributed by atoms with Crippen LogP contribution in [0, 0.1) is 6.92 Å². The fourth-order valence-electron chi connectivity index (χ4n) is 2.04. The molecular weight excluding hydrogens is 226 g/mol. The Labute approximate surface area is 99.8 Å². The van der Waals surface area contributed by atoms with E-state index < -0.39 is 0 Å². The van der Waals surface area contributed by atoms with Crippen molar-refractivity contribution in [3.8, 4) is 0 Å². The number of halogens is 1. The fraction of sp³-hybridized carbons (Fsp3) is 0.636. The highest BCUT2D eigenvalue weighted by atomic mass is 35.5. The molecule has 2 rings (SSSR count). The number of carbonyl (C=O) groups is 1. The van der Waals surface area contributed by atoms with E-state index in [2.05, 4.69) is 15.5 Å². The van der Waals surface area contributed by atoms with Gasteiger partial charge in [-0.15, -0.1) is 11.6 Å². The van der Waals surface area contributed by atoms with Gasteiger partial charge in [0.1, 0.15) is 0 Å². The molecule has 2 N–H and O–H groups in total. The maximum atomic E-state index is 11.9. The average molecular weight is 242 g/mol. The minimum atomic E-state index is -0.0377. The molecule has 0 bridgehead atoms. The van der Waals surface area contributed by atoms with Crippen LogP contribution in [0.25, 0.3) is 0 Å². The van der Waals surface area contributed by atoms with Crippen LogP contribution in [0.5, 0.6) is 0 Å². The second-order valence-electron chi connectivity index (χ2n) is 4.33. The van der Waals surface area contributed by atoms with Crippen molar-refractivity contribution in [2.24, 2.45) is 0 Å². The van der Waals surface area contributed by atoms with Gasteiger partial charge < -0.3 is 5.32 Å². The van der Waals surface area contributed by atoms with Crippen LogP contribution in [0.15, 0.2) is 6.20 Å². The number of amides is 1. The molecule has 0 unspecified atom stereocenters. The van der Waals surface area contributed by atoms with Gasteiger partial charge in [0.25, 0.3) is 5.91 Å². The number of H-pyrrole nitrogens is 1. The lowest BCUT2D eigenvalue weighted by Gasteiger charge is -2.25. The van der Waals surface area contributed by atoms with Crippen LogP contribution >= 0.6 is 11.6 Å². The molecule has 1 aromatic rings. The minimum Gasteiger partial charge on any atom is -0.349 e. The van der Waals surface area contributed by atoms with Gasteiger partial charge in [0, 0.05) is 17.1 Å². The Bertz CT molecular complexity index is 369. The molecule has 1 amide bonds. The molecule has 1 saturated carbocycles. The lowest BCUT2D eigenvalue weighted by atomic mass is 9.95. The summed E-state index contributed by atoms with van der Waals surface area (Å²) in [6.45, 7) is 1.84. The Morgan fingerprint density at radius 2 is 2.19 bits per heavy atom. The van der Waals surface area contributed by atoms with E-state index in [0.717, 1.165) is 31.4 Å². The van der Waals surface area contributed by atoms with Crippen molar-refractivity contribution in [2.45, 2.75) is 44.0 Å². The molecule has 0 spiro atoms. The number of aromatic amines is 1. The van der Waals surface area contributed by atoms with Gasteiger partial charge in [-0.05, 0) is 32.6 Å². The standard InChI is InChI=1S/C11H16ClN3O/c1-7-10(6-13-15-7)11(16)14-9-4-2-8(12)3-5-9/h6,8-9H,2-5H2,1H3,(H,13,15)(H,14,16). The van der Waals surface area contributed by atoms with Gasteiger partial charge in [-0.1, -0.05) is 0 Å². The van der Waals surface area contributed by atoms with Gasteiger partial charge in [-0.2, -0.15) is 5.10 Å². The summed E-state index contributed by atoms with van der Waals surface area (Å²) < 4.78 is 0. The number of hydrogen-bond donors (Lipinski definition) is 2. The zero-order valence-electron chi connectivity index (χ0n) is 9.29. The van der Waals surface area contributed by atoms with Gasteiger partial charge >= 0.3 is 0 Å². The first kappa shape index (κ1) is 11.5. The van der Waals surface area contributed by atoms with E-state index in [-0.39, 0.29) is 17.3 Å². The van der Waals surface area contributed by atoms with E-state index >= 15 is 0 Å². The number of aryl methyl sites for hydroxylation is 1. The third-order valence-electron chi connectivity index (χ3n) is 3.07. The Hall–Kier alpha value is -1.03. The van der Waals surface area contributed by atoms with E-state index in [1.165, 1.54) is 0 Å². The third kappa shape index (κ3) is 2.55. The quantitative estimate of drug-likeness (QED) is 0.778. The molecule has 16 heavy (non-hydrogen) atoms. The zero-order chi connectivity index (χ0) is 11.5. The maximum Gasteiger partial charge on any atom is 0.254 e. The summed E-state index contributed by atoms with van der Waals surface area (Å²) in [5.41, 5.74) is 1.44. The number of aromatic nitrogens is 2. The molecule has 1 aromatic heterocycles. The Morgan fingerprint density at radius 1 is 1.50 bits per heavy atom. The molecule has 5 heteroatoms. The van der Waals surface area contributed by atoms with E-state index in [1.54, 1.807) is 6.20 Å². The Balaban J connectivity index is 1.91. The number of alkyl halides is 1. The van der Waals surface area contributed by atoms with Crippen molar-refractivity contribution in [3.05, 3.63) is 17.5 Å². The molecule has 1 aliphatic rings. The molecule has 1 aliphatic carbocycles. The number of carbonyl (C=O) groups excluding carboxylic acids is 1. The normalized spacial score (nSPS) is 25.4. The Kier molecular flexibility index (Phi) is 3.49. The summed E-state index contributed by atoms with van der Waals surface area (Å²) >= 11 is 6.02. The van der Waals surface area contributed by atoms with E-state index in [9.17, 15) is 4.79 Å². The average Bonchev–Trinajstić information content (AvgIpc) is 2.68. The molecule has 0 aromatic carbocycles. The number of hydrogen-bond acceptors (Lipinski definition) is 2. The lowest BCUT2D eigenvalue weighted by Crippen LogP contribution is -2.37. The van der Waals surface area contributed by atoms with Gasteiger partial charge in [-0.25, -0.2) is 0 Å². The zero-order valence-corrected chi connectivity index (χ0v) is 10.0. The highest BCUT2D eigenvalue weighted by Gasteiger charge is 2.22. The second kappa shape index (κ2) is 4.87. The topological polar surface area (TPSA) is 57.8 Å². The van der Waals surface area contributed by atoms with Gasteiger partial charge in [0.15, 0.2) is 0 Å². The maximum absolute atomic E-state index is 11.9. The highest BCUT2D eigenvalue weighted by molar-refractivity contribution is 6.20. The van der Waals surface area contributed by atoms with E-state index in [0.29, 0.717) is 5.56 Å². The van der Waals surface area contributed by atoms with Crippen LogP contribution in [0.2, 0.25) is 0 Å².